The zero-order valence-electron chi connectivity index (χ0n) is 9.81. The number of anilines is 1. The third-order valence-corrected chi connectivity index (χ3v) is 4.39. The fourth-order valence-electron chi connectivity index (χ4n) is 2.88. The number of halogens is 1. The number of aromatic nitrogens is 1. The Morgan fingerprint density at radius 3 is 3.12 bits per heavy atom. The maximum absolute atomic E-state index is 5.82. The molecule has 3 nitrogen and oxygen atoms in total. The van der Waals surface area contributed by atoms with E-state index in [1.165, 1.54) is 24.8 Å². The predicted molar refractivity (Wildman–Crippen MR) is 71.6 cm³/mol. The molecule has 1 aromatic heterocycles. The van der Waals surface area contributed by atoms with Gasteiger partial charge >= 0.3 is 0 Å². The van der Waals surface area contributed by atoms with Crippen molar-refractivity contribution in [2.45, 2.75) is 36.7 Å². The molecule has 0 amide bonds. The standard InChI is InChI=1S/C13H17BrN2O/c14-8-10-4-5-13(15-9-10)16-6-7-17-12-3-1-2-11(12)16/h4-5,9,11-12H,1-3,6-8H2. The number of hydrogen-bond acceptors (Lipinski definition) is 3. The number of pyridine rings is 1. The van der Waals surface area contributed by atoms with Crippen molar-refractivity contribution >= 4 is 21.7 Å². The van der Waals surface area contributed by atoms with Gasteiger partial charge in [0.05, 0.1) is 18.8 Å². The molecule has 2 heterocycles. The minimum Gasteiger partial charge on any atom is -0.374 e. The number of ether oxygens (including phenoxy) is 1. The zero-order chi connectivity index (χ0) is 11.7. The molecule has 1 saturated heterocycles. The Balaban J connectivity index is 1.81. The lowest BCUT2D eigenvalue weighted by molar-refractivity contribution is 0.0253. The Morgan fingerprint density at radius 2 is 2.35 bits per heavy atom. The van der Waals surface area contributed by atoms with Crippen molar-refractivity contribution in [1.29, 1.82) is 0 Å². The van der Waals surface area contributed by atoms with Gasteiger partial charge in [-0.05, 0) is 30.9 Å². The molecule has 0 bridgehead atoms. The lowest BCUT2D eigenvalue weighted by Crippen LogP contribution is -2.49. The van der Waals surface area contributed by atoms with E-state index < -0.39 is 0 Å². The van der Waals surface area contributed by atoms with Crippen LogP contribution in [0.2, 0.25) is 0 Å². The van der Waals surface area contributed by atoms with Gasteiger partial charge in [-0.15, -0.1) is 0 Å². The van der Waals surface area contributed by atoms with E-state index in [1.54, 1.807) is 0 Å². The van der Waals surface area contributed by atoms with Crippen LogP contribution in [-0.4, -0.2) is 30.3 Å². The summed E-state index contributed by atoms with van der Waals surface area (Å²) in [4.78, 5) is 7.00. The fourth-order valence-corrected chi connectivity index (χ4v) is 3.21. The molecular weight excluding hydrogens is 280 g/mol. The summed E-state index contributed by atoms with van der Waals surface area (Å²) in [6, 6.07) is 4.83. The number of rotatable bonds is 2. The highest BCUT2D eigenvalue weighted by Crippen LogP contribution is 2.32. The maximum atomic E-state index is 5.82. The summed E-state index contributed by atoms with van der Waals surface area (Å²) in [5.41, 5.74) is 1.23. The molecule has 0 radical (unpaired) electrons. The van der Waals surface area contributed by atoms with Crippen molar-refractivity contribution < 1.29 is 4.74 Å². The van der Waals surface area contributed by atoms with Crippen molar-refractivity contribution in [1.82, 2.24) is 4.98 Å². The zero-order valence-corrected chi connectivity index (χ0v) is 11.4. The molecule has 1 saturated carbocycles. The maximum Gasteiger partial charge on any atom is 0.128 e. The van der Waals surface area contributed by atoms with Gasteiger partial charge in [0.2, 0.25) is 0 Å². The van der Waals surface area contributed by atoms with Crippen molar-refractivity contribution in [2.75, 3.05) is 18.1 Å². The summed E-state index contributed by atoms with van der Waals surface area (Å²) in [7, 11) is 0. The van der Waals surface area contributed by atoms with Crippen LogP contribution in [0.1, 0.15) is 24.8 Å². The van der Waals surface area contributed by atoms with Crippen LogP contribution in [0.15, 0.2) is 18.3 Å². The summed E-state index contributed by atoms with van der Waals surface area (Å²) in [5.74, 6) is 1.11. The SMILES string of the molecule is BrCc1ccc(N2CCOC3CCCC32)nc1. The van der Waals surface area contributed by atoms with Crippen molar-refractivity contribution in [2.24, 2.45) is 0 Å². The second-order valence-electron chi connectivity index (χ2n) is 4.76. The second-order valence-corrected chi connectivity index (χ2v) is 5.32. The third kappa shape index (κ3) is 2.20. The average molecular weight is 297 g/mol. The number of nitrogens with zero attached hydrogens (tertiary/aromatic N) is 2. The van der Waals surface area contributed by atoms with E-state index in [0.717, 1.165) is 24.3 Å². The monoisotopic (exact) mass is 296 g/mol. The van der Waals surface area contributed by atoms with Crippen LogP contribution in [0.25, 0.3) is 0 Å². The van der Waals surface area contributed by atoms with E-state index in [1.807, 2.05) is 6.20 Å². The van der Waals surface area contributed by atoms with Gasteiger partial charge in [-0.25, -0.2) is 4.98 Å². The van der Waals surface area contributed by atoms with Crippen LogP contribution in [0, 0.1) is 0 Å². The van der Waals surface area contributed by atoms with E-state index in [-0.39, 0.29) is 0 Å². The van der Waals surface area contributed by atoms with E-state index in [2.05, 4.69) is 37.9 Å². The molecule has 92 valence electrons. The molecule has 1 aromatic rings. The summed E-state index contributed by atoms with van der Waals surface area (Å²) < 4.78 is 5.82. The van der Waals surface area contributed by atoms with Crippen LogP contribution in [0.5, 0.6) is 0 Å². The summed E-state index contributed by atoms with van der Waals surface area (Å²) in [6.07, 6.45) is 6.13. The van der Waals surface area contributed by atoms with Crippen LogP contribution in [0.4, 0.5) is 5.82 Å². The highest BCUT2D eigenvalue weighted by Gasteiger charge is 2.36. The van der Waals surface area contributed by atoms with E-state index in [0.29, 0.717) is 12.1 Å². The molecule has 2 unspecified atom stereocenters. The Kier molecular flexibility index (Phi) is 3.34. The molecule has 17 heavy (non-hydrogen) atoms. The number of alkyl halides is 1. The van der Waals surface area contributed by atoms with E-state index >= 15 is 0 Å². The molecule has 1 aliphatic carbocycles. The van der Waals surface area contributed by atoms with Crippen LogP contribution in [-0.2, 0) is 10.1 Å². The van der Waals surface area contributed by atoms with Crippen molar-refractivity contribution in [3.05, 3.63) is 23.9 Å². The molecule has 2 fully saturated rings. The minimum absolute atomic E-state index is 0.432. The predicted octanol–water partition coefficient (Wildman–Crippen LogP) is 2.73. The molecular formula is C13H17BrN2O. The Morgan fingerprint density at radius 1 is 1.41 bits per heavy atom. The third-order valence-electron chi connectivity index (χ3n) is 3.74. The first-order valence-electron chi connectivity index (χ1n) is 6.27. The van der Waals surface area contributed by atoms with Gasteiger partial charge in [0.25, 0.3) is 0 Å². The molecule has 3 rings (SSSR count). The number of morpholine rings is 1. The van der Waals surface area contributed by atoms with Crippen molar-refractivity contribution in [3.8, 4) is 0 Å². The normalized spacial score (nSPS) is 28.2. The number of hydrogen-bond donors (Lipinski definition) is 0. The van der Waals surface area contributed by atoms with Crippen LogP contribution in [0.3, 0.4) is 0 Å². The van der Waals surface area contributed by atoms with Gasteiger partial charge in [-0.2, -0.15) is 0 Å². The van der Waals surface area contributed by atoms with E-state index in [9.17, 15) is 0 Å². The Hall–Kier alpha value is -0.610. The fraction of sp³-hybridized carbons (Fsp3) is 0.615. The van der Waals surface area contributed by atoms with Gasteiger partial charge in [-0.1, -0.05) is 22.0 Å². The average Bonchev–Trinajstić information content (AvgIpc) is 2.87. The summed E-state index contributed by atoms with van der Waals surface area (Å²) >= 11 is 3.45. The van der Waals surface area contributed by atoms with Gasteiger partial charge in [-0.3, -0.25) is 0 Å². The molecule has 0 N–H and O–H groups in total. The molecule has 2 aliphatic rings. The highest BCUT2D eigenvalue weighted by molar-refractivity contribution is 9.08. The lowest BCUT2D eigenvalue weighted by atomic mass is 10.1. The smallest absolute Gasteiger partial charge is 0.128 e. The van der Waals surface area contributed by atoms with Gasteiger partial charge in [0, 0.05) is 18.1 Å². The van der Waals surface area contributed by atoms with Gasteiger partial charge in [0.1, 0.15) is 5.82 Å². The number of fused-ring (bicyclic) bond motifs is 1. The lowest BCUT2D eigenvalue weighted by Gasteiger charge is -2.38. The molecule has 2 atom stereocenters. The first-order valence-corrected chi connectivity index (χ1v) is 7.40. The second kappa shape index (κ2) is 4.94. The quantitative estimate of drug-likeness (QED) is 0.785. The largest absolute Gasteiger partial charge is 0.374 e. The van der Waals surface area contributed by atoms with Crippen LogP contribution >= 0.6 is 15.9 Å². The first kappa shape index (κ1) is 11.5. The van der Waals surface area contributed by atoms with Gasteiger partial charge < -0.3 is 9.64 Å². The molecule has 0 spiro atoms. The first-order chi connectivity index (χ1) is 8.38. The van der Waals surface area contributed by atoms with E-state index in [4.69, 9.17) is 4.74 Å². The highest BCUT2D eigenvalue weighted by atomic mass is 79.9. The van der Waals surface area contributed by atoms with Crippen molar-refractivity contribution in [3.63, 3.8) is 0 Å². The van der Waals surface area contributed by atoms with Gasteiger partial charge in [0.15, 0.2) is 0 Å². The topological polar surface area (TPSA) is 25.4 Å². The molecule has 1 aliphatic heterocycles. The molecule has 0 aromatic carbocycles. The Bertz CT molecular complexity index is 382. The minimum atomic E-state index is 0.432. The summed E-state index contributed by atoms with van der Waals surface area (Å²) in [5, 5.41) is 0.870. The molecule has 4 heteroatoms. The van der Waals surface area contributed by atoms with Crippen LogP contribution < -0.4 is 4.90 Å². The summed E-state index contributed by atoms with van der Waals surface area (Å²) in [6.45, 7) is 1.81. The Labute approximate surface area is 110 Å².